The molecule has 10 nitrogen and oxygen atoms in total. The zero-order valence-electron chi connectivity index (χ0n) is 24.3. The third kappa shape index (κ3) is 9.93. The highest BCUT2D eigenvalue weighted by Crippen LogP contribution is 2.20. The number of benzene rings is 3. The predicted octanol–water partition coefficient (Wildman–Crippen LogP) is 3.91. The summed E-state index contributed by atoms with van der Waals surface area (Å²) in [7, 11) is -2.47. The van der Waals surface area contributed by atoms with E-state index in [2.05, 4.69) is 15.8 Å². The van der Waals surface area contributed by atoms with Crippen molar-refractivity contribution in [2.24, 2.45) is 5.10 Å². The Labute approximate surface area is 253 Å². The Balaban J connectivity index is 1.31. The molecule has 4 rings (SSSR count). The molecule has 0 saturated heterocycles. The van der Waals surface area contributed by atoms with E-state index in [4.69, 9.17) is 9.47 Å². The van der Waals surface area contributed by atoms with Crippen molar-refractivity contribution in [1.82, 2.24) is 15.0 Å². The Kier molecular flexibility index (Phi) is 11.7. The number of hydrogen-bond acceptors (Lipinski definition) is 7. The molecule has 2 N–H and O–H groups in total. The second kappa shape index (κ2) is 15.9. The summed E-state index contributed by atoms with van der Waals surface area (Å²) in [6, 6.07) is 22.6. The van der Waals surface area contributed by atoms with Gasteiger partial charge in [0, 0.05) is 12.6 Å². The maximum Gasteiger partial charge on any atom is 0.258 e. The average Bonchev–Trinajstić information content (AvgIpc) is 3.03. The molecule has 1 aliphatic carbocycles. The molecule has 0 aromatic heterocycles. The summed E-state index contributed by atoms with van der Waals surface area (Å²) in [6.45, 7) is -0.357. The molecule has 2 amide bonds. The smallest absolute Gasteiger partial charge is 0.258 e. The predicted molar refractivity (Wildman–Crippen MR) is 165 cm³/mol. The van der Waals surface area contributed by atoms with Crippen LogP contribution in [0.4, 0.5) is 0 Å². The molecule has 11 heteroatoms. The highest BCUT2D eigenvalue weighted by atomic mass is 32.2. The summed E-state index contributed by atoms with van der Waals surface area (Å²) in [5.41, 5.74) is 4.05. The first-order chi connectivity index (χ1) is 20.8. The van der Waals surface area contributed by atoms with Gasteiger partial charge in [-0.15, -0.1) is 0 Å². The van der Waals surface area contributed by atoms with Gasteiger partial charge in [0.2, 0.25) is 10.0 Å². The molecule has 0 radical (unpaired) electrons. The van der Waals surface area contributed by atoms with Crippen LogP contribution < -0.4 is 20.2 Å². The number of methoxy groups -OCH3 is 1. The number of nitrogens with zero attached hydrogens (tertiary/aromatic N) is 2. The molecule has 0 spiro atoms. The number of carbonyl (C=O) groups is 2. The van der Waals surface area contributed by atoms with Crippen molar-refractivity contribution >= 4 is 28.1 Å². The van der Waals surface area contributed by atoms with Crippen molar-refractivity contribution in [3.63, 3.8) is 0 Å². The van der Waals surface area contributed by atoms with Crippen LogP contribution in [0.15, 0.2) is 88.9 Å². The lowest BCUT2D eigenvalue weighted by Crippen LogP contribution is -2.40. The fourth-order valence-electron chi connectivity index (χ4n) is 4.77. The van der Waals surface area contributed by atoms with Gasteiger partial charge < -0.3 is 14.8 Å². The Morgan fingerprint density at radius 1 is 0.907 bits per heavy atom. The number of carbonyl (C=O) groups excluding carboxylic acids is 2. The molecule has 43 heavy (non-hydrogen) atoms. The largest absolute Gasteiger partial charge is 0.497 e. The van der Waals surface area contributed by atoms with E-state index in [1.54, 1.807) is 36.4 Å². The number of hydrogen-bond donors (Lipinski definition) is 2. The highest BCUT2D eigenvalue weighted by molar-refractivity contribution is 7.89. The first kappa shape index (κ1) is 31.7. The molecule has 1 saturated carbocycles. The Hall–Kier alpha value is -4.22. The van der Waals surface area contributed by atoms with Crippen LogP contribution >= 0.6 is 0 Å². The average molecular weight is 607 g/mol. The van der Waals surface area contributed by atoms with E-state index in [1.165, 1.54) is 31.9 Å². The van der Waals surface area contributed by atoms with Crippen LogP contribution in [0.3, 0.4) is 0 Å². The third-order valence-corrected chi connectivity index (χ3v) is 8.99. The monoisotopic (exact) mass is 606 g/mol. The van der Waals surface area contributed by atoms with Gasteiger partial charge in [-0.1, -0.05) is 49.6 Å². The Bertz CT molecular complexity index is 1460. The van der Waals surface area contributed by atoms with Gasteiger partial charge >= 0.3 is 0 Å². The molecule has 0 aliphatic heterocycles. The van der Waals surface area contributed by atoms with Crippen LogP contribution in [-0.2, 0) is 26.0 Å². The summed E-state index contributed by atoms with van der Waals surface area (Å²) in [5, 5.41) is 7.01. The molecule has 3 aromatic rings. The summed E-state index contributed by atoms with van der Waals surface area (Å²) in [5.74, 6) is 0.358. The summed E-state index contributed by atoms with van der Waals surface area (Å²) in [6.07, 6.45) is 7.42. The summed E-state index contributed by atoms with van der Waals surface area (Å²) >= 11 is 0. The van der Waals surface area contributed by atoms with E-state index < -0.39 is 22.5 Å². The van der Waals surface area contributed by atoms with Crippen LogP contribution in [0, 0.1) is 0 Å². The zero-order chi connectivity index (χ0) is 30.5. The van der Waals surface area contributed by atoms with Crippen LogP contribution in [0.5, 0.6) is 11.5 Å². The minimum atomic E-state index is -3.97. The number of ether oxygens (including phenoxy) is 2. The van der Waals surface area contributed by atoms with Crippen LogP contribution in [0.1, 0.15) is 43.2 Å². The SMILES string of the molecule is COc1ccc(S(=O)(=O)N(CCc2ccccc2)CC(=O)N/N=C\c2ccc(OCC(=O)NC3CCCCC3)cc2)cc1. The molecule has 0 unspecified atom stereocenters. The minimum Gasteiger partial charge on any atom is -0.497 e. The quantitative estimate of drug-likeness (QED) is 0.212. The summed E-state index contributed by atoms with van der Waals surface area (Å²) in [4.78, 5) is 25.0. The van der Waals surface area contributed by atoms with Crippen LogP contribution in [-0.4, -0.2) is 63.6 Å². The maximum absolute atomic E-state index is 13.4. The number of nitrogens with one attached hydrogen (secondary N) is 2. The molecule has 0 atom stereocenters. The lowest BCUT2D eigenvalue weighted by Gasteiger charge is -2.22. The van der Waals surface area contributed by atoms with Crippen molar-refractivity contribution < 1.29 is 27.5 Å². The maximum atomic E-state index is 13.4. The Morgan fingerprint density at radius 3 is 2.26 bits per heavy atom. The first-order valence-electron chi connectivity index (χ1n) is 14.4. The normalized spacial score (nSPS) is 14.0. The minimum absolute atomic E-state index is 0.0554. The van der Waals surface area contributed by atoms with Gasteiger partial charge in [-0.2, -0.15) is 9.41 Å². The van der Waals surface area contributed by atoms with Crippen molar-refractivity contribution in [3.8, 4) is 11.5 Å². The van der Waals surface area contributed by atoms with E-state index in [-0.39, 0.29) is 30.0 Å². The topological polar surface area (TPSA) is 126 Å². The van der Waals surface area contributed by atoms with Crippen molar-refractivity contribution in [3.05, 3.63) is 90.0 Å². The lowest BCUT2D eigenvalue weighted by atomic mass is 9.95. The number of sulfonamides is 1. The van der Waals surface area contributed by atoms with E-state index in [0.717, 1.165) is 35.6 Å². The van der Waals surface area contributed by atoms with E-state index in [9.17, 15) is 18.0 Å². The highest BCUT2D eigenvalue weighted by Gasteiger charge is 2.26. The van der Waals surface area contributed by atoms with Gasteiger partial charge in [-0.05, 0) is 78.9 Å². The van der Waals surface area contributed by atoms with Gasteiger partial charge in [-0.3, -0.25) is 9.59 Å². The van der Waals surface area contributed by atoms with E-state index in [0.29, 0.717) is 23.5 Å². The van der Waals surface area contributed by atoms with Crippen LogP contribution in [0.25, 0.3) is 0 Å². The second-order valence-electron chi connectivity index (χ2n) is 10.3. The molecule has 0 heterocycles. The van der Waals surface area contributed by atoms with Crippen LogP contribution in [0.2, 0.25) is 0 Å². The van der Waals surface area contributed by atoms with Crippen molar-refractivity contribution in [2.75, 3.05) is 26.8 Å². The van der Waals surface area contributed by atoms with Gasteiger partial charge in [0.15, 0.2) is 6.61 Å². The van der Waals surface area contributed by atoms with Gasteiger partial charge in [-0.25, -0.2) is 13.8 Å². The molecular weight excluding hydrogens is 568 g/mol. The van der Waals surface area contributed by atoms with E-state index >= 15 is 0 Å². The number of hydrazone groups is 1. The third-order valence-electron chi connectivity index (χ3n) is 7.13. The van der Waals surface area contributed by atoms with Gasteiger partial charge in [0.05, 0.1) is 24.8 Å². The number of rotatable bonds is 14. The Morgan fingerprint density at radius 2 is 1.58 bits per heavy atom. The molecule has 1 aliphatic rings. The lowest BCUT2D eigenvalue weighted by molar-refractivity contribution is -0.124. The van der Waals surface area contributed by atoms with Crippen molar-refractivity contribution in [1.29, 1.82) is 0 Å². The molecule has 0 bridgehead atoms. The fourth-order valence-corrected chi connectivity index (χ4v) is 6.17. The molecule has 228 valence electrons. The first-order valence-corrected chi connectivity index (χ1v) is 15.8. The van der Waals surface area contributed by atoms with Gasteiger partial charge in [0.25, 0.3) is 11.8 Å². The molecule has 1 fully saturated rings. The second-order valence-corrected chi connectivity index (χ2v) is 12.2. The number of amides is 2. The summed E-state index contributed by atoms with van der Waals surface area (Å²) < 4.78 is 38.8. The standard InChI is InChI=1S/C32H38N4O6S/c1-41-28-16-18-30(19-17-28)43(39,40)36(21-20-25-8-4-2-5-9-25)23-31(37)35-33-22-26-12-14-29(15-13-26)42-24-32(38)34-27-10-6-3-7-11-27/h2,4-5,8-9,12-19,22,27H,3,6-7,10-11,20-21,23-24H2,1H3,(H,34,38)(H,35,37)/b33-22-. The van der Waals surface area contributed by atoms with Crippen molar-refractivity contribution in [2.45, 2.75) is 49.5 Å². The fraction of sp³-hybridized carbons (Fsp3) is 0.344. The van der Waals surface area contributed by atoms with Gasteiger partial charge in [0.1, 0.15) is 11.5 Å². The zero-order valence-corrected chi connectivity index (χ0v) is 25.1. The van der Waals surface area contributed by atoms with E-state index in [1.807, 2.05) is 30.3 Å². The molecular formula is C32H38N4O6S. The molecule has 3 aromatic carbocycles.